The molecule has 2 unspecified atom stereocenters. The van der Waals surface area contributed by atoms with Gasteiger partial charge in [0.25, 0.3) is 0 Å². The Balaban J connectivity index is 1.77. The molecule has 0 aliphatic carbocycles. The van der Waals surface area contributed by atoms with Crippen molar-refractivity contribution in [3.63, 3.8) is 0 Å². The number of halogens is 1. The average Bonchev–Trinajstić information content (AvgIpc) is 2.35. The van der Waals surface area contributed by atoms with Crippen molar-refractivity contribution in [1.82, 2.24) is 4.90 Å². The number of amides is 1. The van der Waals surface area contributed by atoms with Gasteiger partial charge in [0.2, 0.25) is 5.91 Å². The molecule has 1 aliphatic rings. The Hall–Kier alpha value is -1.46. The fourth-order valence-electron chi connectivity index (χ4n) is 2.74. The van der Waals surface area contributed by atoms with E-state index in [0.717, 1.165) is 19.5 Å². The molecule has 0 spiro atoms. The molecule has 5 heteroatoms. The molecule has 110 valence electrons. The number of nitrogens with one attached hydrogen (secondary N) is 1. The van der Waals surface area contributed by atoms with E-state index in [0.29, 0.717) is 24.6 Å². The summed E-state index contributed by atoms with van der Waals surface area (Å²) in [6.07, 6.45) is 1.45. The van der Waals surface area contributed by atoms with Crippen molar-refractivity contribution in [3.05, 3.63) is 30.1 Å². The number of nitrogens with two attached hydrogens (primary N) is 1. The van der Waals surface area contributed by atoms with Crippen LogP contribution >= 0.6 is 0 Å². The Morgan fingerprint density at radius 1 is 1.50 bits per heavy atom. The topological polar surface area (TPSA) is 58.4 Å². The number of piperidine rings is 1. The van der Waals surface area contributed by atoms with Crippen LogP contribution in [0.3, 0.4) is 0 Å². The Labute approximate surface area is 119 Å². The quantitative estimate of drug-likeness (QED) is 0.884. The molecular formula is C15H22FN3O. The van der Waals surface area contributed by atoms with Gasteiger partial charge in [0.15, 0.2) is 0 Å². The van der Waals surface area contributed by atoms with Gasteiger partial charge in [-0.1, -0.05) is 13.0 Å². The molecule has 0 radical (unpaired) electrons. The summed E-state index contributed by atoms with van der Waals surface area (Å²) in [5.74, 6) is 0.131. The van der Waals surface area contributed by atoms with Crippen LogP contribution in [0.4, 0.5) is 10.1 Å². The zero-order valence-electron chi connectivity index (χ0n) is 11.8. The predicted octanol–water partition coefficient (Wildman–Crippen LogP) is 1.82. The average molecular weight is 279 g/mol. The first-order valence-electron chi connectivity index (χ1n) is 7.06. The van der Waals surface area contributed by atoms with Crippen LogP contribution in [0.2, 0.25) is 0 Å². The van der Waals surface area contributed by atoms with Gasteiger partial charge in [-0.3, -0.25) is 4.79 Å². The third-order valence-electron chi connectivity index (χ3n) is 3.53. The third kappa shape index (κ3) is 4.58. The number of carbonyl (C=O) groups is 1. The maximum Gasteiger partial charge on any atom is 0.225 e. The van der Waals surface area contributed by atoms with Gasteiger partial charge in [-0.15, -0.1) is 0 Å². The van der Waals surface area contributed by atoms with Crippen molar-refractivity contribution < 1.29 is 9.18 Å². The van der Waals surface area contributed by atoms with Crippen LogP contribution in [0.15, 0.2) is 24.3 Å². The lowest BCUT2D eigenvalue weighted by Crippen LogP contribution is -2.47. The van der Waals surface area contributed by atoms with E-state index < -0.39 is 0 Å². The van der Waals surface area contributed by atoms with Crippen molar-refractivity contribution in [2.75, 3.05) is 25.0 Å². The van der Waals surface area contributed by atoms with Gasteiger partial charge in [-0.25, -0.2) is 4.39 Å². The summed E-state index contributed by atoms with van der Waals surface area (Å²) < 4.78 is 13.0. The van der Waals surface area contributed by atoms with E-state index in [1.807, 2.05) is 0 Å². The summed E-state index contributed by atoms with van der Waals surface area (Å²) in [6.45, 7) is 4.70. The third-order valence-corrected chi connectivity index (χ3v) is 3.53. The van der Waals surface area contributed by atoms with Crippen molar-refractivity contribution in [3.8, 4) is 0 Å². The maximum absolute atomic E-state index is 13.0. The number of hydrogen-bond donors (Lipinski definition) is 2. The number of rotatable bonds is 4. The number of hydrogen-bond acceptors (Lipinski definition) is 3. The lowest BCUT2D eigenvalue weighted by molar-refractivity contribution is -0.116. The van der Waals surface area contributed by atoms with Crippen LogP contribution in [0.25, 0.3) is 0 Å². The number of nitrogens with zero attached hydrogens (tertiary/aromatic N) is 1. The maximum atomic E-state index is 13.0. The molecular weight excluding hydrogens is 257 g/mol. The summed E-state index contributed by atoms with van der Waals surface area (Å²) in [4.78, 5) is 14.1. The summed E-state index contributed by atoms with van der Waals surface area (Å²) in [6, 6.07) is 6.13. The predicted molar refractivity (Wildman–Crippen MR) is 77.8 cm³/mol. The zero-order valence-corrected chi connectivity index (χ0v) is 11.8. The molecule has 1 aromatic carbocycles. The van der Waals surface area contributed by atoms with Crippen LogP contribution in [-0.4, -0.2) is 36.5 Å². The smallest absolute Gasteiger partial charge is 0.225 e. The highest BCUT2D eigenvalue weighted by Crippen LogP contribution is 2.15. The van der Waals surface area contributed by atoms with Gasteiger partial charge in [0, 0.05) is 37.8 Å². The van der Waals surface area contributed by atoms with E-state index in [1.165, 1.54) is 12.1 Å². The molecule has 0 bridgehead atoms. The first-order valence-corrected chi connectivity index (χ1v) is 7.06. The molecule has 1 saturated heterocycles. The largest absolute Gasteiger partial charge is 0.327 e. The standard InChI is InChI=1S/C15H22FN3O/c1-11-7-13(17)10-19(9-11)6-5-15(20)18-14-4-2-3-12(16)8-14/h2-4,8,11,13H,5-7,9-10,17H2,1H3,(H,18,20). The van der Waals surface area contributed by atoms with Crippen LogP contribution in [0, 0.1) is 11.7 Å². The van der Waals surface area contributed by atoms with Gasteiger partial charge in [-0.05, 0) is 30.5 Å². The highest BCUT2D eigenvalue weighted by atomic mass is 19.1. The minimum absolute atomic E-state index is 0.0950. The van der Waals surface area contributed by atoms with E-state index in [4.69, 9.17) is 5.73 Å². The lowest BCUT2D eigenvalue weighted by atomic mass is 9.96. The molecule has 1 fully saturated rings. The van der Waals surface area contributed by atoms with Crippen molar-refractivity contribution >= 4 is 11.6 Å². The van der Waals surface area contributed by atoms with Crippen LogP contribution in [-0.2, 0) is 4.79 Å². The molecule has 1 amide bonds. The van der Waals surface area contributed by atoms with Gasteiger partial charge >= 0.3 is 0 Å². The van der Waals surface area contributed by atoms with Crippen LogP contribution in [0.5, 0.6) is 0 Å². The second kappa shape index (κ2) is 6.81. The Morgan fingerprint density at radius 3 is 3.00 bits per heavy atom. The van der Waals surface area contributed by atoms with E-state index in [2.05, 4.69) is 17.1 Å². The number of likely N-dealkylation sites (tertiary alicyclic amines) is 1. The minimum atomic E-state index is -0.348. The second-order valence-electron chi connectivity index (χ2n) is 5.67. The molecule has 0 aromatic heterocycles. The Kier molecular flexibility index (Phi) is 5.09. The fraction of sp³-hybridized carbons (Fsp3) is 0.533. The van der Waals surface area contributed by atoms with E-state index in [-0.39, 0.29) is 17.8 Å². The fourth-order valence-corrected chi connectivity index (χ4v) is 2.74. The van der Waals surface area contributed by atoms with E-state index >= 15 is 0 Å². The highest BCUT2D eigenvalue weighted by Gasteiger charge is 2.22. The Bertz CT molecular complexity index is 456. The van der Waals surface area contributed by atoms with Crippen molar-refractivity contribution in [2.24, 2.45) is 11.7 Å². The molecule has 1 aromatic rings. The summed E-state index contributed by atoms with van der Waals surface area (Å²) >= 11 is 0. The summed E-state index contributed by atoms with van der Waals surface area (Å²) in [7, 11) is 0. The molecule has 2 rings (SSSR count). The molecule has 1 heterocycles. The van der Waals surface area contributed by atoms with Crippen LogP contribution in [0.1, 0.15) is 19.8 Å². The molecule has 0 saturated carbocycles. The number of benzene rings is 1. The number of carbonyl (C=O) groups excluding carboxylic acids is 1. The molecule has 2 atom stereocenters. The van der Waals surface area contributed by atoms with Gasteiger partial charge in [0.05, 0.1) is 0 Å². The minimum Gasteiger partial charge on any atom is -0.327 e. The van der Waals surface area contributed by atoms with Gasteiger partial charge < -0.3 is 16.0 Å². The molecule has 3 N–H and O–H groups in total. The summed E-state index contributed by atoms with van der Waals surface area (Å²) in [5, 5.41) is 2.71. The van der Waals surface area contributed by atoms with Crippen LogP contribution < -0.4 is 11.1 Å². The van der Waals surface area contributed by atoms with Crippen molar-refractivity contribution in [2.45, 2.75) is 25.8 Å². The normalized spacial score (nSPS) is 23.6. The molecule has 20 heavy (non-hydrogen) atoms. The zero-order chi connectivity index (χ0) is 14.5. The first-order chi connectivity index (χ1) is 9.52. The monoisotopic (exact) mass is 279 g/mol. The second-order valence-corrected chi connectivity index (χ2v) is 5.67. The van der Waals surface area contributed by atoms with E-state index in [9.17, 15) is 9.18 Å². The number of anilines is 1. The van der Waals surface area contributed by atoms with E-state index in [1.54, 1.807) is 12.1 Å². The molecule has 1 aliphatic heterocycles. The summed E-state index contributed by atoms with van der Waals surface area (Å²) in [5.41, 5.74) is 6.48. The SMILES string of the molecule is CC1CC(N)CN(CCC(=O)Nc2cccc(F)c2)C1. The van der Waals surface area contributed by atoms with Gasteiger partial charge in [0.1, 0.15) is 5.82 Å². The van der Waals surface area contributed by atoms with Gasteiger partial charge in [-0.2, -0.15) is 0 Å². The molecule has 4 nitrogen and oxygen atoms in total. The lowest BCUT2D eigenvalue weighted by Gasteiger charge is -2.34. The first kappa shape index (κ1) is 14.9. The highest BCUT2D eigenvalue weighted by molar-refractivity contribution is 5.90. The Morgan fingerprint density at radius 2 is 2.30 bits per heavy atom. The van der Waals surface area contributed by atoms with Crippen molar-refractivity contribution in [1.29, 1.82) is 0 Å².